The number of nitrogens with zero attached hydrogens (tertiary/aromatic N) is 4. The number of para-hydroxylation sites is 2. The lowest BCUT2D eigenvalue weighted by molar-refractivity contribution is 0.195. The summed E-state index contributed by atoms with van der Waals surface area (Å²) in [7, 11) is 1.66. The molecule has 1 fully saturated rings. The maximum atomic E-state index is 6.12. The number of aromatic nitrogens is 4. The van der Waals surface area contributed by atoms with Crippen LogP contribution in [0, 0.1) is 5.92 Å². The van der Waals surface area contributed by atoms with E-state index in [0.717, 1.165) is 59.1 Å². The molecule has 0 atom stereocenters. The second-order valence-electron chi connectivity index (χ2n) is 7.87. The van der Waals surface area contributed by atoms with Gasteiger partial charge < -0.3 is 9.47 Å². The highest BCUT2D eigenvalue weighted by atomic mass is 16.5. The summed E-state index contributed by atoms with van der Waals surface area (Å²) in [6.07, 6.45) is 7.96. The van der Waals surface area contributed by atoms with Crippen molar-refractivity contribution in [3.05, 3.63) is 60.7 Å². The van der Waals surface area contributed by atoms with Crippen LogP contribution in [0.2, 0.25) is 0 Å². The Bertz CT molecular complexity index is 1170. The van der Waals surface area contributed by atoms with Gasteiger partial charge in [0.05, 0.1) is 41.3 Å². The molecule has 6 nitrogen and oxygen atoms in total. The molecule has 1 aliphatic carbocycles. The molecular formula is C24H24N4O2. The largest absolute Gasteiger partial charge is 0.497 e. The highest BCUT2D eigenvalue weighted by Crippen LogP contribution is 2.36. The summed E-state index contributed by atoms with van der Waals surface area (Å²) < 4.78 is 11.5. The third-order valence-electron chi connectivity index (χ3n) is 5.99. The van der Waals surface area contributed by atoms with Crippen LogP contribution >= 0.6 is 0 Å². The average Bonchev–Trinajstić information content (AvgIpc) is 2.82. The fourth-order valence-corrected chi connectivity index (χ4v) is 4.24. The predicted octanol–water partition coefficient (Wildman–Crippen LogP) is 4.93. The standard InChI is InChI=1S/C24H24N4O2/c1-29-18-10-11-20-19(12-18)24(27-15-26-20)30-14-16-6-8-17(9-7-16)23-13-25-21-4-2-3-5-22(21)28-23/h2-5,10-13,15-17H,6-9,14H2,1H3. The van der Waals surface area contributed by atoms with Gasteiger partial charge in [0.2, 0.25) is 5.88 Å². The van der Waals surface area contributed by atoms with E-state index in [4.69, 9.17) is 14.5 Å². The minimum absolute atomic E-state index is 0.475. The van der Waals surface area contributed by atoms with Crippen molar-refractivity contribution < 1.29 is 9.47 Å². The molecule has 1 saturated carbocycles. The van der Waals surface area contributed by atoms with E-state index in [1.54, 1.807) is 13.4 Å². The molecule has 0 aliphatic heterocycles. The van der Waals surface area contributed by atoms with Crippen LogP contribution in [-0.2, 0) is 0 Å². The summed E-state index contributed by atoms with van der Waals surface area (Å²) >= 11 is 0. The molecule has 6 heteroatoms. The second kappa shape index (κ2) is 8.22. The molecule has 0 amide bonds. The van der Waals surface area contributed by atoms with Crippen LogP contribution in [-0.4, -0.2) is 33.7 Å². The van der Waals surface area contributed by atoms with E-state index in [2.05, 4.69) is 15.0 Å². The van der Waals surface area contributed by atoms with Gasteiger partial charge in [0.25, 0.3) is 0 Å². The van der Waals surface area contributed by atoms with Crippen molar-refractivity contribution in [3.63, 3.8) is 0 Å². The van der Waals surface area contributed by atoms with E-state index in [0.29, 0.717) is 24.3 Å². The van der Waals surface area contributed by atoms with E-state index in [9.17, 15) is 0 Å². The van der Waals surface area contributed by atoms with Gasteiger partial charge in [-0.15, -0.1) is 0 Å². The molecule has 2 heterocycles. The van der Waals surface area contributed by atoms with Gasteiger partial charge in [-0.05, 0) is 61.9 Å². The lowest BCUT2D eigenvalue weighted by Crippen LogP contribution is -2.20. The van der Waals surface area contributed by atoms with Gasteiger partial charge in [-0.1, -0.05) is 12.1 Å². The number of methoxy groups -OCH3 is 1. The monoisotopic (exact) mass is 400 g/mol. The molecule has 0 N–H and O–H groups in total. The van der Waals surface area contributed by atoms with Crippen LogP contribution in [0.5, 0.6) is 11.6 Å². The lowest BCUT2D eigenvalue weighted by atomic mass is 9.81. The Hall–Kier alpha value is -3.28. The number of fused-ring (bicyclic) bond motifs is 2. The molecule has 1 aliphatic rings. The van der Waals surface area contributed by atoms with Crippen LogP contribution in [0.15, 0.2) is 55.0 Å². The highest BCUT2D eigenvalue weighted by molar-refractivity contribution is 5.84. The Morgan fingerprint density at radius 3 is 2.57 bits per heavy atom. The molecule has 0 radical (unpaired) electrons. The van der Waals surface area contributed by atoms with Crippen molar-refractivity contribution in [2.75, 3.05) is 13.7 Å². The van der Waals surface area contributed by atoms with Crippen LogP contribution in [0.1, 0.15) is 37.3 Å². The van der Waals surface area contributed by atoms with Crippen molar-refractivity contribution in [2.24, 2.45) is 5.92 Å². The quantitative estimate of drug-likeness (QED) is 0.473. The van der Waals surface area contributed by atoms with Gasteiger partial charge in [0.1, 0.15) is 12.1 Å². The molecule has 2 aromatic heterocycles. The van der Waals surface area contributed by atoms with Crippen LogP contribution in [0.3, 0.4) is 0 Å². The summed E-state index contributed by atoms with van der Waals surface area (Å²) in [5, 5.41) is 0.886. The Morgan fingerprint density at radius 2 is 1.73 bits per heavy atom. The summed E-state index contributed by atoms with van der Waals surface area (Å²) in [6, 6.07) is 13.8. The number of hydrogen-bond donors (Lipinski definition) is 0. The number of ether oxygens (including phenoxy) is 2. The van der Waals surface area contributed by atoms with Crippen LogP contribution in [0.4, 0.5) is 0 Å². The predicted molar refractivity (Wildman–Crippen MR) is 116 cm³/mol. The summed E-state index contributed by atoms with van der Waals surface area (Å²) in [5.74, 6) is 2.40. The number of benzene rings is 2. The molecule has 5 rings (SSSR count). The van der Waals surface area contributed by atoms with E-state index < -0.39 is 0 Å². The first-order valence-electron chi connectivity index (χ1n) is 10.4. The highest BCUT2D eigenvalue weighted by Gasteiger charge is 2.24. The Labute approximate surface area is 175 Å². The molecule has 30 heavy (non-hydrogen) atoms. The van der Waals surface area contributed by atoms with Gasteiger partial charge in [0, 0.05) is 12.1 Å². The SMILES string of the molecule is COc1ccc2ncnc(OCC3CCC(c4cnc5ccccc5n4)CC3)c2c1. The zero-order valence-electron chi connectivity index (χ0n) is 17.0. The summed E-state index contributed by atoms with van der Waals surface area (Å²) in [5.41, 5.74) is 3.91. The smallest absolute Gasteiger partial charge is 0.224 e. The van der Waals surface area contributed by atoms with Crippen molar-refractivity contribution >= 4 is 21.9 Å². The van der Waals surface area contributed by atoms with Crippen molar-refractivity contribution in [1.82, 2.24) is 19.9 Å². The van der Waals surface area contributed by atoms with Crippen LogP contribution < -0.4 is 9.47 Å². The maximum Gasteiger partial charge on any atom is 0.224 e. The molecule has 152 valence electrons. The fraction of sp³-hybridized carbons (Fsp3) is 0.333. The first-order chi connectivity index (χ1) is 14.8. The third-order valence-corrected chi connectivity index (χ3v) is 5.99. The van der Waals surface area contributed by atoms with E-state index >= 15 is 0 Å². The summed E-state index contributed by atoms with van der Waals surface area (Å²) in [4.78, 5) is 18.1. The van der Waals surface area contributed by atoms with Crippen molar-refractivity contribution in [1.29, 1.82) is 0 Å². The van der Waals surface area contributed by atoms with E-state index in [-0.39, 0.29) is 0 Å². The number of rotatable bonds is 5. The van der Waals surface area contributed by atoms with Gasteiger partial charge >= 0.3 is 0 Å². The molecule has 2 aromatic carbocycles. The summed E-state index contributed by atoms with van der Waals surface area (Å²) in [6.45, 7) is 0.666. The van der Waals surface area contributed by atoms with Gasteiger partial charge in [-0.2, -0.15) is 0 Å². The second-order valence-corrected chi connectivity index (χ2v) is 7.87. The van der Waals surface area contributed by atoms with E-state index in [1.165, 1.54) is 0 Å². The minimum atomic E-state index is 0.475. The topological polar surface area (TPSA) is 70.0 Å². The Morgan fingerprint density at radius 1 is 0.900 bits per heavy atom. The van der Waals surface area contributed by atoms with Gasteiger partial charge in [-0.25, -0.2) is 15.0 Å². The Kier molecular flexibility index (Phi) is 5.13. The first-order valence-corrected chi connectivity index (χ1v) is 10.4. The third kappa shape index (κ3) is 3.77. The maximum absolute atomic E-state index is 6.12. The van der Waals surface area contributed by atoms with Crippen molar-refractivity contribution in [2.45, 2.75) is 31.6 Å². The molecule has 4 aromatic rings. The van der Waals surface area contributed by atoms with E-state index in [1.807, 2.05) is 48.7 Å². The molecule has 0 unspecified atom stereocenters. The van der Waals surface area contributed by atoms with Crippen LogP contribution in [0.25, 0.3) is 21.9 Å². The van der Waals surface area contributed by atoms with Crippen molar-refractivity contribution in [3.8, 4) is 11.6 Å². The lowest BCUT2D eigenvalue weighted by Gasteiger charge is -2.28. The molecule has 0 bridgehead atoms. The normalized spacial score (nSPS) is 19.1. The molecular weight excluding hydrogens is 376 g/mol. The molecule has 0 spiro atoms. The first kappa shape index (κ1) is 18.7. The fourth-order valence-electron chi connectivity index (χ4n) is 4.24. The zero-order valence-corrected chi connectivity index (χ0v) is 17.0. The molecule has 0 saturated heterocycles. The van der Waals surface area contributed by atoms with Gasteiger partial charge in [-0.3, -0.25) is 4.98 Å². The Balaban J connectivity index is 1.23. The minimum Gasteiger partial charge on any atom is -0.497 e. The van der Waals surface area contributed by atoms with Gasteiger partial charge in [0.15, 0.2) is 0 Å². The number of hydrogen-bond acceptors (Lipinski definition) is 6. The zero-order chi connectivity index (χ0) is 20.3. The average molecular weight is 400 g/mol.